The molecule has 1 saturated heterocycles. The Morgan fingerprint density at radius 1 is 1.25 bits per heavy atom. The second-order valence-electron chi connectivity index (χ2n) is 5.95. The Morgan fingerprint density at radius 2 is 1.93 bits per heavy atom. The van der Waals surface area contributed by atoms with Gasteiger partial charge in [0, 0.05) is 13.1 Å². The van der Waals surface area contributed by atoms with E-state index in [9.17, 15) is 9.59 Å². The Morgan fingerprint density at radius 3 is 2.61 bits per heavy atom. The predicted molar refractivity (Wildman–Crippen MR) is 106 cm³/mol. The monoisotopic (exact) mass is 416 g/mol. The van der Waals surface area contributed by atoms with E-state index >= 15 is 0 Å². The zero-order valence-electron chi connectivity index (χ0n) is 14.5. The van der Waals surface area contributed by atoms with Crippen molar-refractivity contribution in [3.63, 3.8) is 0 Å². The van der Waals surface area contributed by atoms with E-state index in [1.165, 1.54) is 28.8 Å². The molecule has 142 valence electrons. The number of fused-ring (bicyclic) bond motifs is 1. The number of benzene rings is 2. The molecule has 7 nitrogen and oxygen atoms in total. The van der Waals surface area contributed by atoms with Gasteiger partial charge in [0.2, 0.25) is 6.79 Å². The van der Waals surface area contributed by atoms with Crippen molar-refractivity contribution >= 4 is 52.2 Å². The van der Waals surface area contributed by atoms with Crippen molar-refractivity contribution in [1.82, 2.24) is 4.90 Å². The van der Waals surface area contributed by atoms with E-state index in [0.717, 1.165) is 0 Å². The molecule has 1 N–H and O–H groups in total. The summed E-state index contributed by atoms with van der Waals surface area (Å²) in [4.78, 5) is 29.8. The summed E-state index contributed by atoms with van der Waals surface area (Å²) in [5.41, 5.74) is 1.36. The van der Waals surface area contributed by atoms with Crippen LogP contribution in [0.3, 0.4) is 0 Å². The summed E-state index contributed by atoms with van der Waals surface area (Å²) >= 11 is 7.49. The maximum absolute atomic E-state index is 12.6. The number of thioether (sulfide) groups is 1. The highest BCUT2D eigenvalue weighted by atomic mass is 35.5. The van der Waals surface area contributed by atoms with Gasteiger partial charge >= 0.3 is 5.97 Å². The molecule has 0 saturated carbocycles. The van der Waals surface area contributed by atoms with Gasteiger partial charge in [0.15, 0.2) is 16.7 Å². The number of halogens is 1. The fourth-order valence-corrected chi connectivity index (χ4v) is 3.81. The average Bonchev–Trinajstić information content (AvgIpc) is 3.22. The standard InChI is InChI=1S/C19H13ClN2O5S/c1-22-17(23)16(7-11-6-14-15(8-13(11)20)27-9-26-14)28-19(22)21-12-4-2-10(3-5-12)18(24)25/h2-8H,9H2,1H3,(H,24,25). The lowest BCUT2D eigenvalue weighted by Crippen LogP contribution is -2.23. The van der Waals surface area contributed by atoms with Crippen LogP contribution >= 0.6 is 23.4 Å². The van der Waals surface area contributed by atoms with Crippen molar-refractivity contribution in [2.75, 3.05) is 13.8 Å². The Labute approximate surface area is 169 Å². The van der Waals surface area contributed by atoms with Crippen LogP contribution in [-0.4, -0.2) is 40.9 Å². The molecule has 0 unspecified atom stereocenters. The first-order valence-corrected chi connectivity index (χ1v) is 9.30. The van der Waals surface area contributed by atoms with Crippen LogP contribution in [0.15, 0.2) is 46.3 Å². The van der Waals surface area contributed by atoms with Crippen molar-refractivity contribution in [2.24, 2.45) is 4.99 Å². The van der Waals surface area contributed by atoms with Crippen LogP contribution in [0.25, 0.3) is 6.08 Å². The van der Waals surface area contributed by atoms with Gasteiger partial charge in [0.25, 0.3) is 5.91 Å². The topological polar surface area (TPSA) is 88.4 Å². The summed E-state index contributed by atoms with van der Waals surface area (Å²) in [5, 5.41) is 9.89. The third-order valence-electron chi connectivity index (χ3n) is 4.12. The van der Waals surface area contributed by atoms with E-state index in [-0.39, 0.29) is 18.3 Å². The van der Waals surface area contributed by atoms with E-state index in [1.54, 1.807) is 37.4 Å². The van der Waals surface area contributed by atoms with Gasteiger partial charge in [-0.2, -0.15) is 0 Å². The quantitative estimate of drug-likeness (QED) is 0.761. The SMILES string of the molecule is CN1C(=O)C(=Cc2cc3c(cc2Cl)OCO3)SC1=Nc1ccc(C(=O)O)cc1. The molecule has 2 aromatic carbocycles. The van der Waals surface area contributed by atoms with E-state index in [2.05, 4.69) is 4.99 Å². The smallest absolute Gasteiger partial charge is 0.335 e. The van der Waals surface area contributed by atoms with Crippen molar-refractivity contribution in [2.45, 2.75) is 0 Å². The molecular formula is C19H13ClN2O5S. The van der Waals surface area contributed by atoms with Crippen LogP contribution in [0.2, 0.25) is 5.02 Å². The van der Waals surface area contributed by atoms with Crippen molar-refractivity contribution in [1.29, 1.82) is 0 Å². The number of nitrogens with zero attached hydrogens (tertiary/aromatic N) is 2. The maximum atomic E-state index is 12.6. The Balaban J connectivity index is 1.62. The fourth-order valence-electron chi connectivity index (χ4n) is 2.63. The number of hydrogen-bond donors (Lipinski definition) is 1. The second-order valence-corrected chi connectivity index (χ2v) is 7.36. The first kappa shape index (κ1) is 18.4. The molecule has 0 radical (unpaired) electrons. The average molecular weight is 417 g/mol. The van der Waals surface area contributed by atoms with Crippen LogP contribution in [0.1, 0.15) is 15.9 Å². The molecule has 1 fully saturated rings. The number of carboxylic acid groups (broad SMARTS) is 1. The number of likely N-dealkylation sites (N-methyl/N-ethyl adjacent to an activating group) is 1. The van der Waals surface area contributed by atoms with Crippen molar-refractivity contribution in [3.8, 4) is 11.5 Å². The lowest BCUT2D eigenvalue weighted by Gasteiger charge is -2.07. The third kappa shape index (κ3) is 3.44. The van der Waals surface area contributed by atoms with Gasteiger partial charge < -0.3 is 14.6 Å². The molecule has 0 bridgehead atoms. The zero-order chi connectivity index (χ0) is 19.8. The summed E-state index contributed by atoms with van der Waals surface area (Å²) in [6.07, 6.45) is 1.68. The minimum atomic E-state index is -1.01. The largest absolute Gasteiger partial charge is 0.478 e. The molecule has 4 rings (SSSR count). The predicted octanol–water partition coefficient (Wildman–Crippen LogP) is 4.00. The van der Waals surface area contributed by atoms with Crippen LogP contribution in [-0.2, 0) is 4.79 Å². The van der Waals surface area contributed by atoms with E-state index in [0.29, 0.717) is 37.8 Å². The van der Waals surface area contributed by atoms with E-state index < -0.39 is 5.97 Å². The van der Waals surface area contributed by atoms with Crippen LogP contribution in [0.5, 0.6) is 11.5 Å². The van der Waals surface area contributed by atoms with Gasteiger partial charge in [-0.3, -0.25) is 9.69 Å². The third-order valence-corrected chi connectivity index (χ3v) is 5.51. The van der Waals surface area contributed by atoms with Gasteiger partial charge in [-0.05, 0) is 53.7 Å². The molecule has 28 heavy (non-hydrogen) atoms. The first-order chi connectivity index (χ1) is 13.4. The Bertz CT molecular complexity index is 1050. The van der Waals surface area contributed by atoms with E-state index in [1.807, 2.05) is 0 Å². The molecule has 0 spiro atoms. The first-order valence-electron chi connectivity index (χ1n) is 8.11. The molecule has 0 aliphatic carbocycles. The lowest BCUT2D eigenvalue weighted by molar-refractivity contribution is -0.121. The van der Waals surface area contributed by atoms with Gasteiger partial charge in [-0.15, -0.1) is 0 Å². The number of carboxylic acids is 1. The molecule has 0 atom stereocenters. The van der Waals surface area contributed by atoms with Gasteiger partial charge in [0.05, 0.1) is 21.2 Å². The number of aromatic carboxylic acids is 1. The number of ether oxygens (including phenoxy) is 2. The number of hydrogen-bond acceptors (Lipinski definition) is 6. The minimum Gasteiger partial charge on any atom is -0.478 e. The molecule has 2 aliphatic heterocycles. The number of amidine groups is 1. The van der Waals surface area contributed by atoms with Gasteiger partial charge in [-0.25, -0.2) is 9.79 Å². The van der Waals surface area contributed by atoms with Gasteiger partial charge in [-0.1, -0.05) is 11.6 Å². The van der Waals surface area contributed by atoms with Crippen molar-refractivity contribution in [3.05, 3.63) is 57.5 Å². The number of rotatable bonds is 3. The van der Waals surface area contributed by atoms with Gasteiger partial charge in [0.1, 0.15) is 0 Å². The zero-order valence-corrected chi connectivity index (χ0v) is 16.1. The highest BCUT2D eigenvalue weighted by molar-refractivity contribution is 8.18. The summed E-state index contributed by atoms with van der Waals surface area (Å²) < 4.78 is 10.6. The minimum absolute atomic E-state index is 0.138. The maximum Gasteiger partial charge on any atom is 0.335 e. The highest BCUT2D eigenvalue weighted by Gasteiger charge is 2.31. The summed E-state index contributed by atoms with van der Waals surface area (Å²) in [6, 6.07) is 9.49. The Kier molecular flexibility index (Phi) is 4.74. The van der Waals surface area contributed by atoms with E-state index in [4.69, 9.17) is 26.2 Å². The molecular weight excluding hydrogens is 404 g/mol. The Hall–Kier alpha value is -2.97. The highest BCUT2D eigenvalue weighted by Crippen LogP contribution is 2.39. The van der Waals surface area contributed by atoms with Crippen LogP contribution in [0, 0.1) is 0 Å². The van der Waals surface area contributed by atoms with Crippen LogP contribution in [0.4, 0.5) is 5.69 Å². The summed E-state index contributed by atoms with van der Waals surface area (Å²) in [6.45, 7) is 0.138. The summed E-state index contributed by atoms with van der Waals surface area (Å²) in [7, 11) is 1.63. The number of aliphatic imine (C=N–C) groups is 1. The number of carbonyl (C=O) groups excluding carboxylic acids is 1. The normalized spacial score (nSPS) is 18.4. The molecule has 9 heteroatoms. The summed E-state index contributed by atoms with van der Waals surface area (Å²) in [5.74, 6) is -0.0682. The van der Waals surface area contributed by atoms with Crippen molar-refractivity contribution < 1.29 is 24.2 Å². The second kappa shape index (κ2) is 7.21. The molecule has 2 aliphatic rings. The fraction of sp³-hybridized carbons (Fsp3) is 0.105. The lowest BCUT2D eigenvalue weighted by atomic mass is 10.2. The van der Waals surface area contributed by atoms with Crippen LogP contribution < -0.4 is 9.47 Å². The molecule has 2 heterocycles. The molecule has 0 aromatic heterocycles. The molecule has 2 aromatic rings. The number of amides is 1. The number of carbonyl (C=O) groups is 2. The molecule has 1 amide bonds.